The Balaban J connectivity index is 1.62. The summed E-state index contributed by atoms with van der Waals surface area (Å²) in [5, 5.41) is 0. The van der Waals surface area contributed by atoms with Gasteiger partial charge in [-0.05, 0) is 51.4 Å². The van der Waals surface area contributed by atoms with E-state index in [1.165, 1.54) is 38.5 Å². The topological polar surface area (TPSA) is 29.5 Å². The molecule has 2 saturated heterocycles. The molecule has 1 aliphatic carbocycles. The molecule has 2 heterocycles. The Kier molecular flexibility index (Phi) is 2.33. The molecular weight excluding hydrogens is 190 g/mol. The van der Waals surface area contributed by atoms with Crippen LogP contribution in [0.1, 0.15) is 51.4 Å². The maximum absolute atomic E-state index is 12.0. The highest BCUT2D eigenvalue weighted by Gasteiger charge is 2.41. The van der Waals surface area contributed by atoms with Gasteiger partial charge in [0, 0.05) is 12.1 Å². The number of ether oxygens (including phenoxy) is 1. The van der Waals surface area contributed by atoms with Gasteiger partial charge in [0.2, 0.25) is 0 Å². The quantitative estimate of drug-likeness (QED) is 0.664. The molecule has 3 fully saturated rings. The second-order valence-electron chi connectivity index (χ2n) is 5.16. The number of fused-ring (bicyclic) bond motifs is 2. The van der Waals surface area contributed by atoms with Gasteiger partial charge in [-0.2, -0.15) is 0 Å². The molecule has 0 aromatic carbocycles. The summed E-state index contributed by atoms with van der Waals surface area (Å²) in [6.07, 6.45) is 9.67. The molecule has 0 aromatic rings. The fourth-order valence-electron chi connectivity index (χ4n) is 3.11. The summed E-state index contributed by atoms with van der Waals surface area (Å²) in [7, 11) is 0. The minimum absolute atomic E-state index is 0.0214. The Morgan fingerprint density at radius 1 is 0.933 bits per heavy atom. The Bertz CT molecular complexity index is 246. The SMILES string of the molecule is O=C(OC1CCC1)N1C2CCCC1CC2. The first kappa shape index (κ1) is 9.49. The minimum Gasteiger partial charge on any atom is -0.446 e. The number of hydrogen-bond acceptors (Lipinski definition) is 2. The lowest BCUT2D eigenvalue weighted by Gasteiger charge is -2.36. The zero-order chi connectivity index (χ0) is 10.3. The first-order valence-corrected chi connectivity index (χ1v) is 6.33. The molecule has 1 amide bonds. The highest BCUT2D eigenvalue weighted by atomic mass is 16.6. The maximum Gasteiger partial charge on any atom is 0.410 e. The van der Waals surface area contributed by atoms with E-state index in [2.05, 4.69) is 0 Å². The van der Waals surface area contributed by atoms with Gasteiger partial charge in [0.05, 0.1) is 0 Å². The summed E-state index contributed by atoms with van der Waals surface area (Å²) < 4.78 is 5.49. The molecule has 3 aliphatic rings. The van der Waals surface area contributed by atoms with Gasteiger partial charge in [-0.25, -0.2) is 4.79 Å². The lowest BCUT2D eigenvalue weighted by molar-refractivity contribution is 0.0104. The molecule has 0 N–H and O–H groups in total. The number of nitrogens with zero attached hydrogens (tertiary/aromatic N) is 1. The standard InChI is InChI=1S/C12H19NO2/c14-12(15-11-5-2-6-11)13-9-3-1-4-10(13)8-7-9/h9-11H,1-8H2. The smallest absolute Gasteiger partial charge is 0.410 e. The predicted octanol–water partition coefficient (Wildman–Crippen LogP) is 2.69. The van der Waals surface area contributed by atoms with E-state index >= 15 is 0 Å². The second-order valence-corrected chi connectivity index (χ2v) is 5.16. The summed E-state index contributed by atoms with van der Waals surface area (Å²) in [4.78, 5) is 14.0. The normalized spacial score (nSPS) is 35.1. The van der Waals surface area contributed by atoms with E-state index in [9.17, 15) is 4.79 Å². The van der Waals surface area contributed by atoms with Crippen LogP contribution in [0.2, 0.25) is 0 Å². The second kappa shape index (κ2) is 3.69. The Morgan fingerprint density at radius 2 is 1.53 bits per heavy atom. The van der Waals surface area contributed by atoms with Crippen LogP contribution in [-0.4, -0.2) is 29.2 Å². The molecule has 3 rings (SSSR count). The first-order valence-electron chi connectivity index (χ1n) is 6.33. The summed E-state index contributed by atoms with van der Waals surface area (Å²) in [6.45, 7) is 0. The fraction of sp³-hybridized carbons (Fsp3) is 0.917. The van der Waals surface area contributed by atoms with E-state index in [0.29, 0.717) is 12.1 Å². The molecular formula is C12H19NO2. The zero-order valence-electron chi connectivity index (χ0n) is 9.15. The van der Waals surface area contributed by atoms with E-state index in [4.69, 9.17) is 4.74 Å². The molecule has 2 aliphatic heterocycles. The van der Waals surface area contributed by atoms with Gasteiger partial charge in [-0.3, -0.25) is 0 Å². The molecule has 0 radical (unpaired) electrons. The van der Waals surface area contributed by atoms with Gasteiger partial charge in [0.25, 0.3) is 0 Å². The average molecular weight is 209 g/mol. The largest absolute Gasteiger partial charge is 0.446 e. The van der Waals surface area contributed by atoms with Crippen molar-refractivity contribution in [1.82, 2.24) is 4.90 Å². The van der Waals surface area contributed by atoms with Crippen molar-refractivity contribution in [3.05, 3.63) is 0 Å². The van der Waals surface area contributed by atoms with Crippen molar-refractivity contribution < 1.29 is 9.53 Å². The maximum atomic E-state index is 12.0. The van der Waals surface area contributed by atoms with Crippen molar-refractivity contribution in [3.8, 4) is 0 Å². The van der Waals surface area contributed by atoms with Crippen LogP contribution in [-0.2, 0) is 4.74 Å². The summed E-state index contributed by atoms with van der Waals surface area (Å²) >= 11 is 0. The highest BCUT2D eigenvalue weighted by molar-refractivity contribution is 5.69. The van der Waals surface area contributed by atoms with Crippen LogP contribution in [0.25, 0.3) is 0 Å². The molecule has 2 bridgehead atoms. The molecule has 3 heteroatoms. The molecule has 84 valence electrons. The highest BCUT2D eigenvalue weighted by Crippen LogP contribution is 2.36. The summed E-state index contributed by atoms with van der Waals surface area (Å²) in [5.41, 5.74) is 0. The van der Waals surface area contributed by atoms with Gasteiger partial charge >= 0.3 is 6.09 Å². The average Bonchev–Trinajstić information content (AvgIpc) is 2.42. The lowest BCUT2D eigenvalue weighted by Crippen LogP contribution is -2.46. The molecule has 1 saturated carbocycles. The van der Waals surface area contributed by atoms with Gasteiger partial charge in [0.1, 0.15) is 6.10 Å². The fourth-order valence-corrected chi connectivity index (χ4v) is 3.11. The van der Waals surface area contributed by atoms with Crippen LogP contribution in [0.15, 0.2) is 0 Å². The summed E-state index contributed by atoms with van der Waals surface area (Å²) in [6, 6.07) is 0.993. The van der Waals surface area contributed by atoms with E-state index in [-0.39, 0.29) is 12.2 Å². The Hall–Kier alpha value is -0.730. The first-order chi connectivity index (χ1) is 7.34. The van der Waals surface area contributed by atoms with Crippen molar-refractivity contribution in [2.75, 3.05) is 0 Å². The number of hydrogen-bond donors (Lipinski definition) is 0. The van der Waals surface area contributed by atoms with Gasteiger partial charge in [0.15, 0.2) is 0 Å². The van der Waals surface area contributed by atoms with Crippen molar-refractivity contribution in [2.24, 2.45) is 0 Å². The molecule has 0 spiro atoms. The molecule has 3 nitrogen and oxygen atoms in total. The van der Waals surface area contributed by atoms with E-state index in [0.717, 1.165) is 12.8 Å². The van der Waals surface area contributed by atoms with Gasteiger partial charge < -0.3 is 9.64 Å². The third-order valence-corrected chi connectivity index (χ3v) is 4.23. The van der Waals surface area contributed by atoms with Crippen LogP contribution in [0.5, 0.6) is 0 Å². The van der Waals surface area contributed by atoms with Gasteiger partial charge in [-0.15, -0.1) is 0 Å². The third kappa shape index (κ3) is 1.62. The van der Waals surface area contributed by atoms with Crippen molar-refractivity contribution in [3.63, 3.8) is 0 Å². The monoisotopic (exact) mass is 209 g/mol. The molecule has 0 aromatic heterocycles. The van der Waals surface area contributed by atoms with Crippen LogP contribution in [0.3, 0.4) is 0 Å². The van der Waals surface area contributed by atoms with Gasteiger partial charge in [-0.1, -0.05) is 0 Å². The van der Waals surface area contributed by atoms with Crippen molar-refractivity contribution in [2.45, 2.75) is 69.6 Å². The molecule has 15 heavy (non-hydrogen) atoms. The van der Waals surface area contributed by atoms with E-state index in [1.54, 1.807) is 0 Å². The van der Waals surface area contributed by atoms with Crippen molar-refractivity contribution >= 4 is 6.09 Å². The van der Waals surface area contributed by atoms with Crippen LogP contribution >= 0.6 is 0 Å². The van der Waals surface area contributed by atoms with Crippen LogP contribution < -0.4 is 0 Å². The number of carbonyl (C=O) groups excluding carboxylic acids is 1. The number of rotatable bonds is 1. The predicted molar refractivity (Wildman–Crippen MR) is 56.6 cm³/mol. The van der Waals surface area contributed by atoms with Crippen molar-refractivity contribution in [1.29, 1.82) is 0 Å². The summed E-state index contributed by atoms with van der Waals surface area (Å²) in [5.74, 6) is 0. The Labute approximate surface area is 90.8 Å². The Morgan fingerprint density at radius 3 is 2.07 bits per heavy atom. The zero-order valence-corrected chi connectivity index (χ0v) is 9.15. The number of piperidine rings is 1. The van der Waals surface area contributed by atoms with E-state index < -0.39 is 0 Å². The number of carbonyl (C=O) groups is 1. The molecule has 2 atom stereocenters. The van der Waals surface area contributed by atoms with E-state index in [1.807, 2.05) is 4.90 Å². The number of amides is 1. The molecule has 2 unspecified atom stereocenters. The minimum atomic E-state index is -0.0214. The van der Waals surface area contributed by atoms with Crippen LogP contribution in [0.4, 0.5) is 4.79 Å². The van der Waals surface area contributed by atoms with Crippen LogP contribution in [0, 0.1) is 0 Å². The lowest BCUT2D eigenvalue weighted by atomic mass is 9.96. The third-order valence-electron chi connectivity index (χ3n) is 4.23.